The summed E-state index contributed by atoms with van der Waals surface area (Å²) < 4.78 is 1.89. The first kappa shape index (κ1) is 13.1. The number of rotatable bonds is 5. The summed E-state index contributed by atoms with van der Waals surface area (Å²) in [4.78, 5) is 4.23. The summed E-state index contributed by atoms with van der Waals surface area (Å²) in [7, 11) is 0. The Morgan fingerprint density at radius 1 is 1.44 bits per heavy atom. The van der Waals surface area contributed by atoms with Gasteiger partial charge in [-0.15, -0.1) is 0 Å². The van der Waals surface area contributed by atoms with Gasteiger partial charge in [0.05, 0.1) is 6.54 Å². The number of halogens is 1. The molecule has 96 valence electrons. The number of benzene rings is 1. The molecule has 1 heterocycles. The summed E-state index contributed by atoms with van der Waals surface area (Å²) >= 11 is 5.98. The summed E-state index contributed by atoms with van der Waals surface area (Å²) in [6.07, 6.45) is 1.59. The summed E-state index contributed by atoms with van der Waals surface area (Å²) in [5.41, 5.74) is 1.17. The van der Waals surface area contributed by atoms with Crippen LogP contribution in [0.25, 0.3) is 0 Å². The third-order valence-corrected chi connectivity index (χ3v) is 3.15. The zero-order chi connectivity index (χ0) is 13.0. The van der Waals surface area contributed by atoms with Crippen LogP contribution in [0.15, 0.2) is 30.6 Å². The topological polar surface area (TPSA) is 42.7 Å². The number of aromatic nitrogens is 3. The van der Waals surface area contributed by atoms with Gasteiger partial charge < -0.3 is 5.32 Å². The molecule has 1 aromatic heterocycles. The van der Waals surface area contributed by atoms with Crippen LogP contribution in [-0.4, -0.2) is 14.8 Å². The number of aryl methyl sites for hydroxylation is 1. The Hall–Kier alpha value is -1.39. The molecule has 0 amide bonds. The van der Waals surface area contributed by atoms with Crippen molar-refractivity contribution in [2.75, 3.05) is 0 Å². The molecule has 0 saturated heterocycles. The van der Waals surface area contributed by atoms with Crippen molar-refractivity contribution in [1.82, 2.24) is 20.1 Å². The van der Waals surface area contributed by atoms with Crippen LogP contribution in [0.2, 0.25) is 5.02 Å². The maximum absolute atomic E-state index is 5.98. The molecule has 0 aliphatic carbocycles. The molecule has 0 spiro atoms. The Morgan fingerprint density at radius 3 is 3.00 bits per heavy atom. The second kappa shape index (κ2) is 5.98. The molecule has 1 N–H and O–H groups in total. The maximum Gasteiger partial charge on any atom is 0.140 e. The molecule has 0 aliphatic heterocycles. The van der Waals surface area contributed by atoms with E-state index < -0.39 is 0 Å². The molecule has 2 rings (SSSR count). The molecular formula is C13H17ClN4. The van der Waals surface area contributed by atoms with Crippen LogP contribution in [0.3, 0.4) is 0 Å². The lowest BCUT2D eigenvalue weighted by Crippen LogP contribution is -2.21. The first-order valence-corrected chi connectivity index (χ1v) is 6.44. The third-order valence-electron chi connectivity index (χ3n) is 2.91. The SMILES string of the molecule is CCn1ncnc1CN[C@H](C)c1cccc(Cl)c1. The first-order valence-electron chi connectivity index (χ1n) is 6.06. The normalized spacial score (nSPS) is 12.6. The Labute approximate surface area is 112 Å². The minimum absolute atomic E-state index is 0.228. The third kappa shape index (κ3) is 3.09. The van der Waals surface area contributed by atoms with Crippen LogP contribution in [0.4, 0.5) is 0 Å². The second-order valence-corrected chi connectivity index (χ2v) is 4.59. The van der Waals surface area contributed by atoms with E-state index in [-0.39, 0.29) is 6.04 Å². The summed E-state index contributed by atoms with van der Waals surface area (Å²) in [5, 5.41) is 8.33. The van der Waals surface area contributed by atoms with Crippen molar-refractivity contribution in [3.8, 4) is 0 Å². The van der Waals surface area contributed by atoms with Crippen molar-refractivity contribution in [3.05, 3.63) is 47.0 Å². The predicted molar refractivity (Wildman–Crippen MR) is 72.4 cm³/mol. The van der Waals surface area contributed by atoms with Crippen LogP contribution in [0.1, 0.15) is 31.3 Å². The van der Waals surface area contributed by atoms with Crippen molar-refractivity contribution in [2.45, 2.75) is 33.0 Å². The highest BCUT2D eigenvalue weighted by atomic mass is 35.5. The van der Waals surface area contributed by atoms with E-state index in [0.29, 0.717) is 6.54 Å². The largest absolute Gasteiger partial charge is 0.303 e. The van der Waals surface area contributed by atoms with E-state index in [2.05, 4.69) is 35.3 Å². The molecule has 1 atom stereocenters. The van der Waals surface area contributed by atoms with Gasteiger partial charge in [-0.3, -0.25) is 0 Å². The average Bonchev–Trinajstić information content (AvgIpc) is 2.83. The minimum Gasteiger partial charge on any atom is -0.303 e. The highest BCUT2D eigenvalue weighted by Gasteiger charge is 2.08. The number of nitrogens with zero attached hydrogens (tertiary/aromatic N) is 3. The maximum atomic E-state index is 5.98. The number of hydrogen-bond donors (Lipinski definition) is 1. The molecule has 0 bridgehead atoms. The van der Waals surface area contributed by atoms with Gasteiger partial charge in [0.2, 0.25) is 0 Å². The van der Waals surface area contributed by atoms with E-state index in [4.69, 9.17) is 11.6 Å². The Morgan fingerprint density at radius 2 is 2.28 bits per heavy atom. The van der Waals surface area contributed by atoms with Crippen LogP contribution in [0.5, 0.6) is 0 Å². The quantitative estimate of drug-likeness (QED) is 0.903. The van der Waals surface area contributed by atoms with Gasteiger partial charge in [0.1, 0.15) is 12.2 Å². The molecule has 0 unspecified atom stereocenters. The molecule has 18 heavy (non-hydrogen) atoms. The molecular weight excluding hydrogens is 248 g/mol. The van der Waals surface area contributed by atoms with Crippen LogP contribution >= 0.6 is 11.6 Å². The fraction of sp³-hybridized carbons (Fsp3) is 0.385. The standard InChI is InChI=1S/C13H17ClN4/c1-3-18-13(16-9-17-18)8-15-10(2)11-5-4-6-12(14)7-11/h4-7,9-10,15H,3,8H2,1-2H3/t10-/m1/s1. The lowest BCUT2D eigenvalue weighted by Gasteiger charge is -2.14. The van der Waals surface area contributed by atoms with Crippen molar-refractivity contribution < 1.29 is 0 Å². The van der Waals surface area contributed by atoms with Crippen molar-refractivity contribution in [2.24, 2.45) is 0 Å². The number of hydrogen-bond acceptors (Lipinski definition) is 3. The van der Waals surface area contributed by atoms with Crippen molar-refractivity contribution >= 4 is 11.6 Å². The number of nitrogens with one attached hydrogen (secondary N) is 1. The molecule has 1 aromatic carbocycles. The zero-order valence-corrected chi connectivity index (χ0v) is 11.4. The molecule has 0 aliphatic rings. The van der Waals surface area contributed by atoms with Gasteiger partial charge in [0.25, 0.3) is 0 Å². The second-order valence-electron chi connectivity index (χ2n) is 4.15. The summed E-state index contributed by atoms with van der Waals surface area (Å²) in [6, 6.07) is 8.11. The van der Waals surface area contributed by atoms with E-state index in [9.17, 15) is 0 Å². The summed E-state index contributed by atoms with van der Waals surface area (Å²) in [5.74, 6) is 0.950. The molecule has 0 saturated carbocycles. The van der Waals surface area contributed by atoms with Gasteiger partial charge in [-0.2, -0.15) is 5.10 Å². The van der Waals surface area contributed by atoms with E-state index in [1.165, 1.54) is 5.56 Å². The van der Waals surface area contributed by atoms with Gasteiger partial charge in [0, 0.05) is 17.6 Å². The lowest BCUT2D eigenvalue weighted by atomic mass is 10.1. The predicted octanol–water partition coefficient (Wildman–Crippen LogP) is 2.80. The first-order chi connectivity index (χ1) is 8.70. The van der Waals surface area contributed by atoms with Gasteiger partial charge >= 0.3 is 0 Å². The van der Waals surface area contributed by atoms with E-state index in [1.54, 1.807) is 6.33 Å². The average molecular weight is 265 g/mol. The van der Waals surface area contributed by atoms with Gasteiger partial charge in [-0.05, 0) is 31.5 Å². The zero-order valence-electron chi connectivity index (χ0n) is 10.6. The summed E-state index contributed by atoms with van der Waals surface area (Å²) in [6.45, 7) is 5.70. The van der Waals surface area contributed by atoms with Gasteiger partial charge in [0.15, 0.2) is 0 Å². The molecule has 4 nitrogen and oxygen atoms in total. The van der Waals surface area contributed by atoms with Gasteiger partial charge in [-0.25, -0.2) is 9.67 Å². The van der Waals surface area contributed by atoms with Crippen LogP contribution < -0.4 is 5.32 Å². The lowest BCUT2D eigenvalue weighted by molar-refractivity contribution is 0.523. The fourth-order valence-electron chi connectivity index (χ4n) is 1.83. The van der Waals surface area contributed by atoms with E-state index >= 15 is 0 Å². The monoisotopic (exact) mass is 264 g/mol. The van der Waals surface area contributed by atoms with Gasteiger partial charge in [-0.1, -0.05) is 23.7 Å². The molecule has 5 heteroatoms. The molecule has 0 radical (unpaired) electrons. The molecule has 2 aromatic rings. The highest BCUT2D eigenvalue weighted by Crippen LogP contribution is 2.17. The fourth-order valence-corrected chi connectivity index (χ4v) is 2.03. The minimum atomic E-state index is 0.228. The van der Waals surface area contributed by atoms with E-state index in [0.717, 1.165) is 17.4 Å². The smallest absolute Gasteiger partial charge is 0.140 e. The Kier molecular flexibility index (Phi) is 4.33. The van der Waals surface area contributed by atoms with E-state index in [1.807, 2.05) is 22.9 Å². The Bertz CT molecular complexity index is 509. The molecule has 0 fully saturated rings. The van der Waals surface area contributed by atoms with Crippen molar-refractivity contribution in [3.63, 3.8) is 0 Å². The highest BCUT2D eigenvalue weighted by molar-refractivity contribution is 6.30. The Balaban J connectivity index is 1.98. The van der Waals surface area contributed by atoms with Crippen LogP contribution in [0, 0.1) is 0 Å². The van der Waals surface area contributed by atoms with Crippen molar-refractivity contribution in [1.29, 1.82) is 0 Å². The van der Waals surface area contributed by atoms with Crippen LogP contribution in [-0.2, 0) is 13.1 Å².